The molecule has 1 fully saturated rings. The molecular formula is C17H23BrF3N3O2. The van der Waals surface area contributed by atoms with Crippen LogP contribution in [0.3, 0.4) is 0 Å². The van der Waals surface area contributed by atoms with Gasteiger partial charge in [-0.05, 0) is 61.5 Å². The first-order valence-corrected chi connectivity index (χ1v) is 9.19. The van der Waals surface area contributed by atoms with E-state index >= 15 is 0 Å². The van der Waals surface area contributed by atoms with Crippen molar-refractivity contribution < 1.29 is 22.7 Å². The Balaban J connectivity index is 1.92. The Hall–Kier alpha value is -1.51. The van der Waals surface area contributed by atoms with Crippen LogP contribution >= 0.6 is 15.9 Å². The van der Waals surface area contributed by atoms with Gasteiger partial charge in [-0.3, -0.25) is 0 Å². The SMILES string of the molecule is CC(C)(C)OC(=O)NCC1CCN(c2ncc(Br)cc2C(F)(F)F)CC1. The number of alkyl carbamates (subject to hydrolysis) is 1. The van der Waals surface area contributed by atoms with Gasteiger partial charge in [-0.1, -0.05) is 0 Å². The third-order valence-corrected chi connectivity index (χ3v) is 4.42. The topological polar surface area (TPSA) is 54.5 Å². The summed E-state index contributed by atoms with van der Waals surface area (Å²) in [6, 6.07) is 1.05. The van der Waals surface area contributed by atoms with E-state index in [1.807, 2.05) is 0 Å². The van der Waals surface area contributed by atoms with Gasteiger partial charge in [-0.2, -0.15) is 13.2 Å². The van der Waals surface area contributed by atoms with E-state index in [4.69, 9.17) is 4.74 Å². The number of nitrogens with zero attached hydrogens (tertiary/aromatic N) is 2. The van der Waals surface area contributed by atoms with E-state index in [0.29, 0.717) is 36.9 Å². The summed E-state index contributed by atoms with van der Waals surface area (Å²) >= 11 is 3.04. The predicted octanol–water partition coefficient (Wildman–Crippen LogP) is 4.60. The number of piperidine rings is 1. The highest BCUT2D eigenvalue weighted by Gasteiger charge is 2.37. The molecule has 0 bridgehead atoms. The molecule has 26 heavy (non-hydrogen) atoms. The van der Waals surface area contributed by atoms with Gasteiger partial charge >= 0.3 is 12.3 Å². The molecule has 5 nitrogen and oxygen atoms in total. The molecular weight excluding hydrogens is 415 g/mol. The second-order valence-electron chi connectivity index (χ2n) is 7.34. The zero-order chi connectivity index (χ0) is 19.5. The van der Waals surface area contributed by atoms with Crippen molar-refractivity contribution in [1.82, 2.24) is 10.3 Å². The van der Waals surface area contributed by atoms with E-state index in [1.165, 1.54) is 6.20 Å². The van der Waals surface area contributed by atoms with Crippen molar-refractivity contribution in [3.63, 3.8) is 0 Å². The highest BCUT2D eigenvalue weighted by molar-refractivity contribution is 9.10. The molecule has 0 unspecified atom stereocenters. The van der Waals surface area contributed by atoms with Gasteiger partial charge in [0, 0.05) is 30.3 Å². The number of amides is 1. The number of aromatic nitrogens is 1. The second kappa shape index (κ2) is 8.02. The number of nitrogens with one attached hydrogen (secondary N) is 1. The van der Waals surface area contributed by atoms with Crippen molar-refractivity contribution >= 4 is 27.8 Å². The first-order valence-electron chi connectivity index (χ1n) is 8.40. The zero-order valence-electron chi connectivity index (χ0n) is 15.0. The Bertz CT molecular complexity index is 639. The van der Waals surface area contributed by atoms with Crippen molar-refractivity contribution in [2.45, 2.75) is 45.4 Å². The molecule has 0 radical (unpaired) electrons. The third kappa shape index (κ3) is 6.03. The summed E-state index contributed by atoms with van der Waals surface area (Å²) in [5.74, 6) is 0.155. The lowest BCUT2D eigenvalue weighted by atomic mass is 9.96. The molecule has 1 N–H and O–H groups in total. The first kappa shape index (κ1) is 20.8. The van der Waals surface area contributed by atoms with Gasteiger partial charge in [0.15, 0.2) is 0 Å². The molecule has 1 saturated heterocycles. The summed E-state index contributed by atoms with van der Waals surface area (Å²) in [5, 5.41) is 2.73. The van der Waals surface area contributed by atoms with E-state index in [2.05, 4.69) is 26.2 Å². The molecule has 2 rings (SSSR count). The number of pyridine rings is 1. The van der Waals surface area contributed by atoms with Crippen molar-refractivity contribution in [3.8, 4) is 0 Å². The van der Waals surface area contributed by atoms with Crippen LogP contribution in [-0.2, 0) is 10.9 Å². The summed E-state index contributed by atoms with van der Waals surface area (Å²) in [5.41, 5.74) is -1.30. The fourth-order valence-electron chi connectivity index (χ4n) is 2.78. The van der Waals surface area contributed by atoms with Gasteiger partial charge in [-0.25, -0.2) is 9.78 Å². The fraction of sp³-hybridized carbons (Fsp3) is 0.647. The quantitative estimate of drug-likeness (QED) is 0.750. The summed E-state index contributed by atoms with van der Waals surface area (Å²) < 4.78 is 45.2. The van der Waals surface area contributed by atoms with Crippen molar-refractivity contribution in [2.75, 3.05) is 24.5 Å². The lowest BCUT2D eigenvalue weighted by molar-refractivity contribution is -0.137. The van der Waals surface area contributed by atoms with Gasteiger partial charge in [0.1, 0.15) is 11.4 Å². The summed E-state index contributed by atoms with van der Waals surface area (Å²) in [6.45, 7) is 6.72. The Kier molecular flexibility index (Phi) is 6.42. The third-order valence-electron chi connectivity index (χ3n) is 3.99. The standard InChI is InChI=1S/C17H23BrF3N3O2/c1-16(2,3)26-15(25)23-9-11-4-6-24(7-5-11)14-13(17(19,20)21)8-12(18)10-22-14/h8,10-11H,4-7,9H2,1-3H3,(H,23,25). The molecule has 1 amide bonds. The minimum atomic E-state index is -4.46. The van der Waals surface area contributed by atoms with Gasteiger partial charge in [0.05, 0.1) is 5.56 Å². The van der Waals surface area contributed by atoms with Crippen LogP contribution in [0.1, 0.15) is 39.2 Å². The van der Waals surface area contributed by atoms with E-state index < -0.39 is 23.4 Å². The van der Waals surface area contributed by atoms with Gasteiger partial charge < -0.3 is 15.0 Å². The molecule has 1 aromatic rings. The van der Waals surface area contributed by atoms with Crippen LogP contribution in [0.5, 0.6) is 0 Å². The number of alkyl halides is 3. The molecule has 0 aromatic carbocycles. The maximum absolute atomic E-state index is 13.3. The van der Waals surface area contributed by atoms with Gasteiger partial charge in [-0.15, -0.1) is 0 Å². The average Bonchev–Trinajstić information content (AvgIpc) is 2.51. The van der Waals surface area contributed by atoms with Gasteiger partial charge in [0.2, 0.25) is 0 Å². The highest BCUT2D eigenvalue weighted by Crippen LogP contribution is 2.37. The van der Waals surface area contributed by atoms with Crippen molar-refractivity contribution in [3.05, 3.63) is 22.3 Å². The van der Waals surface area contributed by atoms with E-state index in [-0.39, 0.29) is 11.7 Å². The maximum Gasteiger partial charge on any atom is 0.419 e. The van der Waals surface area contributed by atoms with E-state index in [0.717, 1.165) is 6.07 Å². The molecule has 0 atom stereocenters. The average molecular weight is 438 g/mol. The number of carbonyl (C=O) groups excluding carboxylic acids is 1. The van der Waals surface area contributed by atoms with Crippen LogP contribution in [0, 0.1) is 5.92 Å². The Morgan fingerprint density at radius 1 is 1.35 bits per heavy atom. The zero-order valence-corrected chi connectivity index (χ0v) is 16.6. The second-order valence-corrected chi connectivity index (χ2v) is 8.25. The first-order chi connectivity index (χ1) is 12.0. The predicted molar refractivity (Wildman–Crippen MR) is 96.1 cm³/mol. The Morgan fingerprint density at radius 3 is 2.50 bits per heavy atom. The number of rotatable bonds is 3. The lowest BCUT2D eigenvalue weighted by Crippen LogP contribution is -2.41. The summed E-state index contributed by atoms with van der Waals surface area (Å²) in [4.78, 5) is 17.3. The molecule has 1 aliphatic heterocycles. The van der Waals surface area contributed by atoms with Crippen LogP contribution in [0.4, 0.5) is 23.8 Å². The molecule has 1 aromatic heterocycles. The van der Waals surface area contributed by atoms with Crippen molar-refractivity contribution in [1.29, 1.82) is 0 Å². The van der Waals surface area contributed by atoms with Crippen LogP contribution in [0.25, 0.3) is 0 Å². The molecule has 0 spiro atoms. The number of hydrogen-bond acceptors (Lipinski definition) is 4. The maximum atomic E-state index is 13.3. The van der Waals surface area contributed by atoms with Crippen LogP contribution in [0.2, 0.25) is 0 Å². The number of carbonyl (C=O) groups is 1. The molecule has 2 heterocycles. The Morgan fingerprint density at radius 2 is 1.96 bits per heavy atom. The number of anilines is 1. The molecule has 9 heteroatoms. The van der Waals surface area contributed by atoms with Crippen molar-refractivity contribution in [2.24, 2.45) is 5.92 Å². The molecule has 1 aliphatic rings. The number of hydrogen-bond donors (Lipinski definition) is 1. The largest absolute Gasteiger partial charge is 0.444 e. The monoisotopic (exact) mass is 437 g/mol. The minimum absolute atomic E-state index is 0.0424. The number of halogens is 4. The van der Waals surface area contributed by atoms with Crippen LogP contribution in [0.15, 0.2) is 16.7 Å². The van der Waals surface area contributed by atoms with E-state index in [1.54, 1.807) is 25.7 Å². The number of ether oxygens (including phenoxy) is 1. The summed E-state index contributed by atoms with van der Waals surface area (Å²) in [7, 11) is 0. The molecule has 0 saturated carbocycles. The fourth-order valence-corrected chi connectivity index (χ4v) is 3.11. The van der Waals surface area contributed by atoms with Crippen LogP contribution in [-0.4, -0.2) is 36.3 Å². The lowest BCUT2D eigenvalue weighted by Gasteiger charge is -2.34. The molecule has 146 valence electrons. The van der Waals surface area contributed by atoms with Crippen LogP contribution < -0.4 is 10.2 Å². The normalized spacial score (nSPS) is 16.5. The molecule has 0 aliphatic carbocycles. The minimum Gasteiger partial charge on any atom is -0.444 e. The Labute approximate surface area is 159 Å². The van der Waals surface area contributed by atoms with E-state index in [9.17, 15) is 18.0 Å². The summed E-state index contributed by atoms with van der Waals surface area (Å²) in [6.07, 6.45) is -2.22. The highest BCUT2D eigenvalue weighted by atomic mass is 79.9. The van der Waals surface area contributed by atoms with Gasteiger partial charge in [0.25, 0.3) is 0 Å². The smallest absolute Gasteiger partial charge is 0.419 e.